The molecular weight excluding hydrogens is 370 g/mol. The lowest BCUT2D eigenvalue weighted by molar-refractivity contribution is -0.119. The molecule has 1 amide bonds. The lowest BCUT2D eigenvalue weighted by Crippen LogP contribution is -2.21. The van der Waals surface area contributed by atoms with Crippen LogP contribution >= 0.6 is 27.5 Å². The molecule has 0 fully saturated rings. The molecule has 2 rings (SSSR count). The number of hydrogen-bond acceptors (Lipinski definition) is 3. The van der Waals surface area contributed by atoms with E-state index in [0.29, 0.717) is 16.3 Å². The van der Waals surface area contributed by atoms with E-state index in [1.807, 2.05) is 6.07 Å². The smallest absolute Gasteiger partial charge is 0.338 e. The van der Waals surface area contributed by atoms with Crippen LogP contribution in [0.1, 0.15) is 15.9 Å². The van der Waals surface area contributed by atoms with Gasteiger partial charge in [-0.3, -0.25) is 4.79 Å². The maximum Gasteiger partial charge on any atom is 0.338 e. The standard InChI is InChI=1S/C16H13BrClNO3/c1-10-4-2-3-5-12(10)16(21)22-9-15(20)19-14-7-6-11(17)8-13(14)18/h2-8H,9H2,1H3,(H,19,20). The van der Waals surface area contributed by atoms with Crippen molar-refractivity contribution < 1.29 is 14.3 Å². The van der Waals surface area contributed by atoms with Crippen LogP contribution in [0.15, 0.2) is 46.9 Å². The average Bonchev–Trinajstić information content (AvgIpc) is 2.48. The first kappa shape index (κ1) is 16.5. The van der Waals surface area contributed by atoms with Crippen molar-refractivity contribution in [2.45, 2.75) is 6.92 Å². The largest absolute Gasteiger partial charge is 0.452 e. The van der Waals surface area contributed by atoms with E-state index in [1.54, 1.807) is 43.3 Å². The molecule has 2 aromatic carbocycles. The second kappa shape index (κ2) is 7.42. The van der Waals surface area contributed by atoms with Crippen LogP contribution in [0.25, 0.3) is 0 Å². The summed E-state index contributed by atoms with van der Waals surface area (Å²) >= 11 is 9.28. The number of ether oxygens (including phenoxy) is 1. The van der Waals surface area contributed by atoms with Crippen molar-refractivity contribution in [2.24, 2.45) is 0 Å². The summed E-state index contributed by atoms with van der Waals surface area (Å²) in [5.74, 6) is -0.985. The number of anilines is 1. The number of aryl methyl sites for hydroxylation is 1. The molecule has 22 heavy (non-hydrogen) atoms. The van der Waals surface area contributed by atoms with Crippen LogP contribution in [0.5, 0.6) is 0 Å². The first-order valence-electron chi connectivity index (χ1n) is 6.45. The van der Waals surface area contributed by atoms with Gasteiger partial charge in [0.15, 0.2) is 6.61 Å². The fourth-order valence-corrected chi connectivity index (χ4v) is 2.51. The highest BCUT2D eigenvalue weighted by atomic mass is 79.9. The Bertz CT molecular complexity index is 718. The molecular formula is C16H13BrClNO3. The van der Waals surface area contributed by atoms with Gasteiger partial charge in [0.25, 0.3) is 5.91 Å². The number of hydrogen-bond donors (Lipinski definition) is 1. The molecule has 0 aliphatic heterocycles. The fourth-order valence-electron chi connectivity index (χ4n) is 1.79. The zero-order chi connectivity index (χ0) is 16.1. The van der Waals surface area contributed by atoms with Crippen molar-refractivity contribution in [1.29, 1.82) is 0 Å². The zero-order valence-electron chi connectivity index (χ0n) is 11.7. The number of carbonyl (C=O) groups is 2. The van der Waals surface area contributed by atoms with Gasteiger partial charge >= 0.3 is 5.97 Å². The Morgan fingerprint density at radius 2 is 1.95 bits per heavy atom. The summed E-state index contributed by atoms with van der Waals surface area (Å²) in [6, 6.07) is 12.1. The molecule has 0 aliphatic rings. The minimum atomic E-state index is -0.532. The molecule has 0 spiro atoms. The van der Waals surface area contributed by atoms with Crippen LogP contribution in [0, 0.1) is 6.92 Å². The maximum atomic E-state index is 11.9. The first-order valence-corrected chi connectivity index (χ1v) is 7.62. The van der Waals surface area contributed by atoms with E-state index in [9.17, 15) is 9.59 Å². The third-order valence-corrected chi connectivity index (χ3v) is 3.71. The van der Waals surface area contributed by atoms with Crippen LogP contribution in [0.4, 0.5) is 5.69 Å². The molecule has 114 valence electrons. The van der Waals surface area contributed by atoms with Gasteiger partial charge in [-0.1, -0.05) is 45.7 Å². The Balaban J connectivity index is 1.93. The minimum absolute atomic E-state index is 0.375. The molecule has 0 bridgehead atoms. The Morgan fingerprint density at radius 3 is 2.64 bits per heavy atom. The molecule has 4 nitrogen and oxygen atoms in total. The van der Waals surface area contributed by atoms with Crippen LogP contribution in [0.2, 0.25) is 5.02 Å². The van der Waals surface area contributed by atoms with Crippen LogP contribution in [-0.2, 0) is 9.53 Å². The van der Waals surface area contributed by atoms with Crippen molar-refractivity contribution in [3.63, 3.8) is 0 Å². The number of benzene rings is 2. The average molecular weight is 383 g/mol. The molecule has 0 saturated heterocycles. The predicted octanol–water partition coefficient (Wildman–Crippen LogP) is 4.21. The van der Waals surface area contributed by atoms with Gasteiger partial charge in [0.2, 0.25) is 0 Å². The molecule has 0 radical (unpaired) electrons. The van der Waals surface area contributed by atoms with Gasteiger partial charge in [-0.2, -0.15) is 0 Å². The molecule has 0 heterocycles. The van der Waals surface area contributed by atoms with Gasteiger partial charge in [0.1, 0.15) is 0 Å². The van der Waals surface area contributed by atoms with Crippen LogP contribution in [-0.4, -0.2) is 18.5 Å². The van der Waals surface area contributed by atoms with Gasteiger partial charge in [-0.15, -0.1) is 0 Å². The molecule has 0 unspecified atom stereocenters. The lowest BCUT2D eigenvalue weighted by Gasteiger charge is -2.09. The number of carbonyl (C=O) groups excluding carboxylic acids is 2. The molecule has 6 heteroatoms. The lowest BCUT2D eigenvalue weighted by atomic mass is 10.1. The third-order valence-electron chi connectivity index (χ3n) is 2.90. The summed E-state index contributed by atoms with van der Waals surface area (Å²) in [4.78, 5) is 23.7. The van der Waals surface area contributed by atoms with E-state index < -0.39 is 11.9 Å². The van der Waals surface area contributed by atoms with E-state index in [2.05, 4.69) is 21.2 Å². The van der Waals surface area contributed by atoms with E-state index in [-0.39, 0.29) is 6.61 Å². The van der Waals surface area contributed by atoms with Crippen molar-refractivity contribution >= 4 is 45.1 Å². The van der Waals surface area contributed by atoms with Crippen molar-refractivity contribution in [3.8, 4) is 0 Å². The topological polar surface area (TPSA) is 55.4 Å². The maximum absolute atomic E-state index is 11.9. The molecule has 1 N–H and O–H groups in total. The predicted molar refractivity (Wildman–Crippen MR) is 89.2 cm³/mol. The number of amides is 1. The monoisotopic (exact) mass is 381 g/mol. The van der Waals surface area contributed by atoms with E-state index in [0.717, 1.165) is 10.0 Å². The highest BCUT2D eigenvalue weighted by molar-refractivity contribution is 9.10. The van der Waals surface area contributed by atoms with Gasteiger partial charge in [0, 0.05) is 4.47 Å². The van der Waals surface area contributed by atoms with E-state index in [1.165, 1.54) is 0 Å². The molecule has 0 aliphatic carbocycles. The Hall–Kier alpha value is -1.85. The third kappa shape index (κ3) is 4.32. The first-order chi connectivity index (χ1) is 10.5. The summed E-state index contributed by atoms with van der Waals surface area (Å²) in [5.41, 5.74) is 1.70. The summed E-state index contributed by atoms with van der Waals surface area (Å²) < 4.78 is 5.81. The fraction of sp³-hybridized carbons (Fsp3) is 0.125. The quantitative estimate of drug-likeness (QED) is 0.806. The zero-order valence-corrected chi connectivity index (χ0v) is 14.1. The number of rotatable bonds is 4. The molecule has 2 aromatic rings. The van der Waals surface area contributed by atoms with Crippen molar-refractivity contribution in [3.05, 3.63) is 63.1 Å². The summed E-state index contributed by atoms with van der Waals surface area (Å²) in [6.07, 6.45) is 0. The van der Waals surface area contributed by atoms with Gasteiger partial charge in [0.05, 0.1) is 16.3 Å². The van der Waals surface area contributed by atoms with Crippen molar-refractivity contribution in [1.82, 2.24) is 0 Å². The van der Waals surface area contributed by atoms with Crippen molar-refractivity contribution in [2.75, 3.05) is 11.9 Å². The van der Waals surface area contributed by atoms with E-state index in [4.69, 9.17) is 16.3 Å². The highest BCUT2D eigenvalue weighted by Gasteiger charge is 2.13. The van der Waals surface area contributed by atoms with Crippen LogP contribution in [0.3, 0.4) is 0 Å². The Morgan fingerprint density at radius 1 is 1.23 bits per heavy atom. The van der Waals surface area contributed by atoms with Gasteiger partial charge in [-0.25, -0.2) is 4.79 Å². The van der Waals surface area contributed by atoms with Gasteiger partial charge in [-0.05, 0) is 36.8 Å². The summed E-state index contributed by atoms with van der Waals surface area (Å²) in [7, 11) is 0. The summed E-state index contributed by atoms with van der Waals surface area (Å²) in [5, 5.41) is 2.99. The SMILES string of the molecule is Cc1ccccc1C(=O)OCC(=O)Nc1ccc(Br)cc1Cl. The summed E-state index contributed by atoms with van der Waals surface area (Å²) in [6.45, 7) is 1.43. The highest BCUT2D eigenvalue weighted by Crippen LogP contribution is 2.25. The molecule has 0 atom stereocenters. The minimum Gasteiger partial charge on any atom is -0.452 e. The molecule has 0 saturated carbocycles. The number of nitrogens with one attached hydrogen (secondary N) is 1. The Kier molecular flexibility index (Phi) is 5.57. The van der Waals surface area contributed by atoms with Crippen LogP contribution < -0.4 is 5.32 Å². The van der Waals surface area contributed by atoms with Gasteiger partial charge < -0.3 is 10.1 Å². The second-order valence-electron chi connectivity index (χ2n) is 4.56. The Labute approximate surface area is 141 Å². The second-order valence-corrected chi connectivity index (χ2v) is 5.89. The molecule has 0 aromatic heterocycles. The number of esters is 1. The normalized spacial score (nSPS) is 10.1. The van der Waals surface area contributed by atoms with E-state index >= 15 is 0 Å². The number of halogens is 2.